The van der Waals surface area contributed by atoms with Gasteiger partial charge >= 0.3 is 0 Å². The molecule has 1 aromatic rings. The Morgan fingerprint density at radius 1 is 1.53 bits per heavy atom. The van der Waals surface area contributed by atoms with Crippen LogP contribution in [0.15, 0.2) is 12.4 Å². The standard InChI is InChI=1S/C12H18BrN3O/c1-15-8-9(7-14-15)12(17)16(2)11-6-4-3-5-10(11)13/h7-8,10-11H,3-6H2,1-2H3. The van der Waals surface area contributed by atoms with Gasteiger partial charge in [-0.2, -0.15) is 5.10 Å². The molecule has 1 heterocycles. The second-order valence-electron chi connectivity index (χ2n) is 4.69. The summed E-state index contributed by atoms with van der Waals surface area (Å²) in [7, 11) is 3.71. The molecule has 0 saturated heterocycles. The Morgan fingerprint density at radius 3 is 2.82 bits per heavy atom. The van der Waals surface area contributed by atoms with E-state index in [4.69, 9.17) is 0 Å². The van der Waals surface area contributed by atoms with Crippen molar-refractivity contribution < 1.29 is 4.79 Å². The van der Waals surface area contributed by atoms with Gasteiger partial charge in [-0.1, -0.05) is 28.8 Å². The minimum Gasteiger partial charge on any atom is -0.338 e. The molecule has 1 saturated carbocycles. The molecular formula is C12H18BrN3O. The highest BCUT2D eigenvalue weighted by atomic mass is 79.9. The van der Waals surface area contributed by atoms with Crippen LogP contribution in [0.3, 0.4) is 0 Å². The van der Waals surface area contributed by atoms with Gasteiger partial charge in [0.1, 0.15) is 0 Å². The van der Waals surface area contributed by atoms with Gasteiger partial charge < -0.3 is 4.90 Å². The molecule has 0 N–H and O–H groups in total. The fraction of sp³-hybridized carbons (Fsp3) is 0.667. The van der Waals surface area contributed by atoms with E-state index in [0.717, 1.165) is 12.8 Å². The Labute approximate surface area is 110 Å². The minimum absolute atomic E-state index is 0.0643. The molecule has 17 heavy (non-hydrogen) atoms. The van der Waals surface area contributed by atoms with Crippen molar-refractivity contribution in [3.63, 3.8) is 0 Å². The van der Waals surface area contributed by atoms with Gasteiger partial charge in [0.25, 0.3) is 5.91 Å². The summed E-state index contributed by atoms with van der Waals surface area (Å²) in [5.41, 5.74) is 0.667. The van der Waals surface area contributed by atoms with Gasteiger partial charge in [-0.05, 0) is 12.8 Å². The maximum absolute atomic E-state index is 12.3. The van der Waals surface area contributed by atoms with Crippen molar-refractivity contribution in [2.75, 3.05) is 7.05 Å². The number of alkyl halides is 1. The molecule has 0 spiro atoms. The number of carbonyl (C=O) groups is 1. The molecule has 0 aromatic carbocycles. The van der Waals surface area contributed by atoms with Crippen LogP contribution in [0.2, 0.25) is 0 Å². The second kappa shape index (κ2) is 5.21. The largest absolute Gasteiger partial charge is 0.338 e. The first-order valence-electron chi connectivity index (χ1n) is 5.99. The maximum atomic E-state index is 12.3. The van der Waals surface area contributed by atoms with Crippen LogP contribution in [0.1, 0.15) is 36.0 Å². The number of halogens is 1. The average molecular weight is 300 g/mol. The Bertz CT molecular complexity index is 404. The van der Waals surface area contributed by atoms with E-state index in [-0.39, 0.29) is 5.91 Å². The quantitative estimate of drug-likeness (QED) is 0.785. The summed E-state index contributed by atoms with van der Waals surface area (Å²) in [4.78, 5) is 14.5. The first kappa shape index (κ1) is 12.6. The van der Waals surface area contributed by atoms with Gasteiger partial charge in [0.15, 0.2) is 0 Å². The molecule has 0 radical (unpaired) electrons. The number of carbonyl (C=O) groups excluding carboxylic acids is 1. The minimum atomic E-state index is 0.0643. The van der Waals surface area contributed by atoms with E-state index in [1.54, 1.807) is 17.1 Å². The van der Waals surface area contributed by atoms with Crippen molar-refractivity contribution in [1.29, 1.82) is 0 Å². The highest BCUT2D eigenvalue weighted by Gasteiger charge is 2.29. The number of amides is 1. The molecule has 4 nitrogen and oxygen atoms in total. The Morgan fingerprint density at radius 2 is 2.24 bits per heavy atom. The average Bonchev–Trinajstić information content (AvgIpc) is 2.75. The molecule has 94 valence electrons. The van der Waals surface area contributed by atoms with E-state index in [9.17, 15) is 4.79 Å². The van der Waals surface area contributed by atoms with Crippen LogP contribution in [0.4, 0.5) is 0 Å². The Hall–Kier alpha value is -0.840. The topological polar surface area (TPSA) is 38.1 Å². The molecule has 1 aliphatic carbocycles. The molecule has 1 aromatic heterocycles. The van der Waals surface area contributed by atoms with E-state index >= 15 is 0 Å². The second-order valence-corrected chi connectivity index (χ2v) is 5.86. The highest BCUT2D eigenvalue weighted by Crippen LogP contribution is 2.28. The van der Waals surface area contributed by atoms with Crippen molar-refractivity contribution in [2.45, 2.75) is 36.6 Å². The fourth-order valence-corrected chi connectivity index (χ4v) is 3.33. The normalized spacial score (nSPS) is 24.6. The number of hydrogen-bond donors (Lipinski definition) is 0. The lowest BCUT2D eigenvalue weighted by atomic mass is 9.94. The first-order valence-corrected chi connectivity index (χ1v) is 6.91. The monoisotopic (exact) mass is 299 g/mol. The fourth-order valence-electron chi connectivity index (χ4n) is 2.39. The van der Waals surface area contributed by atoms with Crippen molar-refractivity contribution >= 4 is 21.8 Å². The first-order chi connectivity index (χ1) is 8.09. The molecule has 0 aliphatic heterocycles. The van der Waals surface area contributed by atoms with Crippen LogP contribution in [0.5, 0.6) is 0 Å². The van der Waals surface area contributed by atoms with Crippen molar-refractivity contribution in [2.24, 2.45) is 7.05 Å². The molecule has 1 fully saturated rings. The third kappa shape index (κ3) is 2.70. The van der Waals surface area contributed by atoms with Crippen molar-refractivity contribution in [3.8, 4) is 0 Å². The lowest BCUT2D eigenvalue weighted by Crippen LogP contribution is -2.44. The highest BCUT2D eigenvalue weighted by molar-refractivity contribution is 9.09. The molecular weight excluding hydrogens is 282 g/mol. The summed E-state index contributed by atoms with van der Waals surface area (Å²) in [6.45, 7) is 0. The zero-order valence-electron chi connectivity index (χ0n) is 10.3. The Balaban J connectivity index is 2.08. The van der Waals surface area contributed by atoms with E-state index in [1.165, 1.54) is 12.8 Å². The summed E-state index contributed by atoms with van der Waals surface area (Å²) < 4.78 is 1.66. The van der Waals surface area contributed by atoms with Gasteiger partial charge in [0, 0.05) is 31.2 Å². The number of nitrogens with zero attached hydrogens (tertiary/aromatic N) is 3. The van der Waals surface area contributed by atoms with Gasteiger partial charge in [-0.15, -0.1) is 0 Å². The lowest BCUT2D eigenvalue weighted by Gasteiger charge is -2.35. The predicted octanol–water partition coefficient (Wildman–Crippen LogP) is 2.20. The van der Waals surface area contributed by atoms with Gasteiger partial charge in [-0.25, -0.2) is 0 Å². The SMILES string of the molecule is CN(C(=O)c1cnn(C)c1)C1CCCCC1Br. The third-order valence-corrected chi connectivity index (χ3v) is 4.49. The number of hydrogen-bond acceptors (Lipinski definition) is 2. The molecule has 1 amide bonds. The van der Waals surface area contributed by atoms with Crippen molar-refractivity contribution in [3.05, 3.63) is 18.0 Å². The van der Waals surface area contributed by atoms with Gasteiger partial charge in [0.05, 0.1) is 11.8 Å². The maximum Gasteiger partial charge on any atom is 0.257 e. The summed E-state index contributed by atoms with van der Waals surface area (Å²) in [6.07, 6.45) is 8.09. The van der Waals surface area contributed by atoms with Crippen LogP contribution in [0, 0.1) is 0 Å². The number of rotatable bonds is 2. The van der Waals surface area contributed by atoms with Crippen LogP contribution in [-0.4, -0.2) is 38.5 Å². The summed E-state index contributed by atoms with van der Waals surface area (Å²) >= 11 is 3.69. The zero-order chi connectivity index (χ0) is 12.4. The van der Waals surface area contributed by atoms with Crippen LogP contribution in [-0.2, 0) is 7.05 Å². The predicted molar refractivity (Wildman–Crippen MR) is 70.3 cm³/mol. The molecule has 1 aliphatic rings. The van der Waals surface area contributed by atoms with Gasteiger partial charge in [0.2, 0.25) is 0 Å². The molecule has 2 rings (SSSR count). The van der Waals surface area contributed by atoms with Crippen molar-refractivity contribution in [1.82, 2.24) is 14.7 Å². The van der Waals surface area contributed by atoms with E-state index < -0.39 is 0 Å². The molecule has 5 heteroatoms. The summed E-state index contributed by atoms with van der Waals surface area (Å²) in [5.74, 6) is 0.0643. The molecule has 2 atom stereocenters. The van der Waals surface area contributed by atoms with E-state index in [2.05, 4.69) is 21.0 Å². The summed E-state index contributed by atoms with van der Waals surface area (Å²) in [5, 5.41) is 4.04. The van der Waals surface area contributed by atoms with Gasteiger partial charge in [-0.3, -0.25) is 9.48 Å². The lowest BCUT2D eigenvalue weighted by molar-refractivity contribution is 0.0704. The number of aromatic nitrogens is 2. The summed E-state index contributed by atoms with van der Waals surface area (Å²) in [6, 6.07) is 0.302. The van der Waals surface area contributed by atoms with Crippen LogP contribution in [0.25, 0.3) is 0 Å². The molecule has 0 bridgehead atoms. The Kier molecular flexibility index (Phi) is 3.86. The smallest absolute Gasteiger partial charge is 0.257 e. The molecule has 2 unspecified atom stereocenters. The van der Waals surface area contributed by atoms with Crippen LogP contribution < -0.4 is 0 Å². The van der Waals surface area contributed by atoms with E-state index in [0.29, 0.717) is 16.4 Å². The van der Waals surface area contributed by atoms with E-state index in [1.807, 2.05) is 19.0 Å². The number of aryl methyl sites for hydroxylation is 1. The third-order valence-electron chi connectivity index (χ3n) is 3.42. The zero-order valence-corrected chi connectivity index (χ0v) is 11.9. The van der Waals surface area contributed by atoms with Crippen LogP contribution >= 0.6 is 15.9 Å².